The third kappa shape index (κ3) is 3.37. The van der Waals surface area contributed by atoms with Crippen molar-refractivity contribution in [3.63, 3.8) is 0 Å². The van der Waals surface area contributed by atoms with Crippen LogP contribution in [0.3, 0.4) is 0 Å². The monoisotopic (exact) mass is 377 g/mol. The molecule has 1 aliphatic heterocycles. The van der Waals surface area contributed by atoms with E-state index in [4.69, 9.17) is 11.6 Å². The van der Waals surface area contributed by atoms with Gasteiger partial charge in [0.25, 0.3) is 0 Å². The molecule has 1 fully saturated rings. The van der Waals surface area contributed by atoms with Crippen molar-refractivity contribution in [3.8, 4) is 0 Å². The van der Waals surface area contributed by atoms with Crippen LogP contribution in [0.25, 0.3) is 11.0 Å². The Balaban J connectivity index is 1.36. The Morgan fingerprint density at radius 2 is 1.81 bits per heavy atom. The molecule has 0 N–H and O–H groups in total. The number of fused-ring (bicyclic) bond motifs is 1. The molecular weight excluding hydrogens is 360 g/mol. The average Bonchev–Trinajstić information content (AvgIpc) is 3.05. The second kappa shape index (κ2) is 7.17. The number of aromatic nitrogens is 3. The lowest BCUT2D eigenvalue weighted by Gasteiger charge is -2.36. The largest absolute Gasteiger partial charge is 0.367 e. The minimum Gasteiger partial charge on any atom is -0.367 e. The van der Waals surface area contributed by atoms with Gasteiger partial charge < -0.3 is 9.47 Å². The highest BCUT2D eigenvalue weighted by Crippen LogP contribution is 2.22. The number of benzene rings is 1. The zero-order valence-corrected chi connectivity index (χ0v) is 14.8. The fourth-order valence-corrected chi connectivity index (χ4v) is 3.54. The summed E-state index contributed by atoms with van der Waals surface area (Å²) in [6.07, 6.45) is 3.44. The van der Waals surface area contributed by atoms with Crippen molar-refractivity contribution in [2.75, 3.05) is 37.6 Å². The Bertz CT molecular complexity index is 921. The number of halogens is 3. The van der Waals surface area contributed by atoms with Gasteiger partial charge in [0.1, 0.15) is 28.8 Å². The zero-order valence-electron chi connectivity index (χ0n) is 14.1. The Morgan fingerprint density at radius 1 is 1.00 bits per heavy atom. The maximum absolute atomic E-state index is 13.9. The van der Waals surface area contributed by atoms with Gasteiger partial charge in [-0.05, 0) is 18.2 Å². The number of nitrogens with zero attached hydrogens (tertiary/aromatic N) is 5. The molecule has 0 amide bonds. The maximum Gasteiger partial charge on any atom is 0.149 e. The molecule has 0 spiro atoms. The summed E-state index contributed by atoms with van der Waals surface area (Å²) in [5.74, 6) is -1.05. The summed E-state index contributed by atoms with van der Waals surface area (Å²) in [5.41, 5.74) is 1.30. The third-order valence-electron chi connectivity index (χ3n) is 4.79. The van der Waals surface area contributed by atoms with Crippen LogP contribution < -0.4 is 4.90 Å². The second-order valence-electron chi connectivity index (χ2n) is 6.34. The predicted molar refractivity (Wildman–Crippen MR) is 97.5 cm³/mol. The number of hydrogen-bond donors (Lipinski definition) is 0. The first kappa shape index (κ1) is 17.2. The molecule has 0 bridgehead atoms. The van der Waals surface area contributed by atoms with Crippen LogP contribution >= 0.6 is 11.6 Å². The van der Waals surface area contributed by atoms with Gasteiger partial charge >= 0.3 is 0 Å². The van der Waals surface area contributed by atoms with Gasteiger partial charge in [-0.15, -0.1) is 0 Å². The molecule has 1 aliphatic rings. The van der Waals surface area contributed by atoms with Crippen molar-refractivity contribution >= 4 is 28.3 Å². The van der Waals surface area contributed by atoms with Crippen molar-refractivity contribution in [3.05, 3.63) is 53.6 Å². The lowest BCUT2D eigenvalue weighted by molar-refractivity contribution is 0.248. The van der Waals surface area contributed by atoms with Gasteiger partial charge in [0.15, 0.2) is 0 Å². The highest BCUT2D eigenvalue weighted by molar-refractivity contribution is 6.33. The second-order valence-corrected chi connectivity index (χ2v) is 6.69. The van der Waals surface area contributed by atoms with E-state index in [0.29, 0.717) is 23.9 Å². The molecule has 2 aromatic heterocycles. The molecule has 0 unspecified atom stereocenters. The molecular formula is C18H18ClF2N5. The molecule has 136 valence electrons. The first-order valence-corrected chi connectivity index (χ1v) is 8.87. The van der Waals surface area contributed by atoms with Crippen LogP contribution in [0.15, 0.2) is 36.8 Å². The van der Waals surface area contributed by atoms with Gasteiger partial charge in [0, 0.05) is 51.5 Å². The standard InChI is InChI=1S/C18H18ClF2N5/c19-17-14-3-4-26(18(14)23-12-22-17)10-7-24-5-8-25(9-6-24)16-2-1-13(20)11-15(16)21/h1-4,11-12H,5-10H2. The van der Waals surface area contributed by atoms with Crippen LogP contribution in [-0.2, 0) is 6.54 Å². The van der Waals surface area contributed by atoms with Gasteiger partial charge in [0.05, 0.1) is 11.1 Å². The van der Waals surface area contributed by atoms with Gasteiger partial charge in [-0.3, -0.25) is 4.90 Å². The van der Waals surface area contributed by atoms with Crippen LogP contribution in [0, 0.1) is 11.6 Å². The van der Waals surface area contributed by atoms with Gasteiger partial charge in [-0.1, -0.05) is 11.6 Å². The number of hydrogen-bond acceptors (Lipinski definition) is 4. The van der Waals surface area contributed by atoms with E-state index in [1.807, 2.05) is 17.2 Å². The Labute approximate surface area is 154 Å². The van der Waals surface area contributed by atoms with E-state index in [-0.39, 0.29) is 0 Å². The lowest BCUT2D eigenvalue weighted by atomic mass is 10.2. The highest BCUT2D eigenvalue weighted by atomic mass is 35.5. The van der Waals surface area contributed by atoms with Crippen LogP contribution in [0.2, 0.25) is 5.15 Å². The van der Waals surface area contributed by atoms with E-state index in [9.17, 15) is 8.78 Å². The van der Waals surface area contributed by atoms with Crippen molar-refractivity contribution in [2.24, 2.45) is 0 Å². The summed E-state index contributed by atoms with van der Waals surface area (Å²) < 4.78 is 29.1. The minimum absolute atomic E-state index is 0.462. The molecule has 0 radical (unpaired) electrons. The molecule has 3 heterocycles. The summed E-state index contributed by atoms with van der Waals surface area (Å²) in [7, 11) is 0. The van der Waals surface area contributed by atoms with Gasteiger partial charge in [-0.2, -0.15) is 0 Å². The van der Waals surface area contributed by atoms with Gasteiger partial charge in [-0.25, -0.2) is 18.7 Å². The Morgan fingerprint density at radius 3 is 2.58 bits per heavy atom. The molecule has 1 saturated heterocycles. The molecule has 26 heavy (non-hydrogen) atoms. The first-order chi connectivity index (χ1) is 12.6. The predicted octanol–water partition coefficient (Wildman–Crippen LogP) is 3.19. The topological polar surface area (TPSA) is 37.2 Å². The third-order valence-corrected chi connectivity index (χ3v) is 5.09. The van der Waals surface area contributed by atoms with Crippen molar-refractivity contribution in [2.45, 2.75) is 6.54 Å². The summed E-state index contributed by atoms with van der Waals surface area (Å²) in [6.45, 7) is 4.73. The number of anilines is 1. The molecule has 0 atom stereocenters. The Hall–Kier alpha value is -2.25. The van der Waals surface area contributed by atoms with Crippen LogP contribution in [0.4, 0.5) is 14.5 Å². The molecule has 4 rings (SSSR count). The van der Waals surface area contributed by atoms with Crippen molar-refractivity contribution in [1.82, 2.24) is 19.4 Å². The average molecular weight is 378 g/mol. The molecule has 3 aromatic rings. The number of piperazine rings is 1. The molecule has 0 aliphatic carbocycles. The summed E-state index contributed by atoms with van der Waals surface area (Å²) >= 11 is 6.08. The first-order valence-electron chi connectivity index (χ1n) is 8.49. The van der Waals surface area contributed by atoms with Crippen LogP contribution in [0.5, 0.6) is 0 Å². The summed E-state index contributed by atoms with van der Waals surface area (Å²) in [5, 5.41) is 1.31. The van der Waals surface area contributed by atoms with E-state index < -0.39 is 11.6 Å². The van der Waals surface area contributed by atoms with Crippen LogP contribution in [0.1, 0.15) is 0 Å². The van der Waals surface area contributed by atoms with E-state index in [0.717, 1.165) is 43.3 Å². The van der Waals surface area contributed by atoms with Gasteiger partial charge in [0.2, 0.25) is 0 Å². The maximum atomic E-state index is 13.9. The SMILES string of the molecule is Fc1ccc(N2CCN(CCn3ccc4c(Cl)ncnc43)CC2)c(F)c1. The Kier molecular flexibility index (Phi) is 4.74. The minimum atomic E-state index is -0.548. The summed E-state index contributed by atoms with van der Waals surface area (Å²) in [6, 6.07) is 5.67. The molecule has 8 heteroatoms. The summed E-state index contributed by atoms with van der Waals surface area (Å²) in [4.78, 5) is 12.6. The van der Waals surface area contributed by atoms with Crippen LogP contribution in [-0.4, -0.2) is 52.2 Å². The molecule has 0 saturated carbocycles. The van der Waals surface area contributed by atoms with E-state index in [2.05, 4.69) is 19.4 Å². The molecule has 5 nitrogen and oxygen atoms in total. The van der Waals surface area contributed by atoms with E-state index in [1.165, 1.54) is 18.5 Å². The van der Waals surface area contributed by atoms with E-state index >= 15 is 0 Å². The molecule has 1 aromatic carbocycles. The van der Waals surface area contributed by atoms with Crippen molar-refractivity contribution < 1.29 is 8.78 Å². The quantitative estimate of drug-likeness (QED) is 0.654. The zero-order chi connectivity index (χ0) is 18.1. The van der Waals surface area contributed by atoms with E-state index in [1.54, 1.807) is 0 Å². The normalized spacial score (nSPS) is 15.7. The van der Waals surface area contributed by atoms with Crippen molar-refractivity contribution in [1.29, 1.82) is 0 Å². The highest BCUT2D eigenvalue weighted by Gasteiger charge is 2.20. The smallest absolute Gasteiger partial charge is 0.149 e. The number of rotatable bonds is 4. The lowest BCUT2D eigenvalue weighted by Crippen LogP contribution is -2.47. The fraction of sp³-hybridized carbons (Fsp3) is 0.333. The fourth-order valence-electron chi connectivity index (χ4n) is 3.35.